The highest BCUT2D eigenvalue weighted by atomic mass is 19.2. The van der Waals surface area contributed by atoms with Crippen molar-refractivity contribution in [3.8, 4) is 0 Å². The summed E-state index contributed by atoms with van der Waals surface area (Å²) >= 11 is 0. The van der Waals surface area contributed by atoms with Crippen LogP contribution in [0.25, 0.3) is 10.9 Å². The quantitative estimate of drug-likeness (QED) is 0.705. The first-order valence-corrected chi connectivity index (χ1v) is 3.62. The van der Waals surface area contributed by atoms with Crippen molar-refractivity contribution in [1.29, 1.82) is 0 Å². The Hall–Kier alpha value is -1.91. The molecule has 0 atom stereocenters. The third-order valence-electron chi connectivity index (χ3n) is 1.81. The molecule has 13 heavy (non-hydrogen) atoms. The maximum Gasteiger partial charge on any atom is 0.248 e. The number of halogens is 1. The molecule has 0 spiro atoms. The van der Waals surface area contributed by atoms with Gasteiger partial charge in [-0.1, -0.05) is 9.39 Å². The first kappa shape index (κ1) is 7.72. The summed E-state index contributed by atoms with van der Waals surface area (Å²) in [6.07, 6.45) is 1.34. The highest BCUT2D eigenvalue weighted by Crippen LogP contribution is 2.15. The summed E-state index contributed by atoms with van der Waals surface area (Å²) in [5.41, 5.74) is 5.72. The van der Waals surface area contributed by atoms with Crippen LogP contribution in [0.5, 0.6) is 0 Å². The van der Waals surface area contributed by atoms with Gasteiger partial charge in [0.2, 0.25) is 5.91 Å². The summed E-state index contributed by atoms with van der Waals surface area (Å²) < 4.78 is 12.8. The van der Waals surface area contributed by atoms with Crippen molar-refractivity contribution in [3.05, 3.63) is 30.0 Å². The van der Waals surface area contributed by atoms with Crippen LogP contribution in [0.2, 0.25) is 0 Å². The molecular weight excluding hydrogens is 173 g/mol. The van der Waals surface area contributed by atoms with Crippen LogP contribution < -0.4 is 5.73 Å². The van der Waals surface area contributed by atoms with E-state index in [0.29, 0.717) is 16.5 Å². The summed E-state index contributed by atoms with van der Waals surface area (Å²) in [7, 11) is 0. The Morgan fingerprint density at radius 1 is 1.54 bits per heavy atom. The second-order valence-electron chi connectivity index (χ2n) is 2.64. The average molecular weight is 179 g/mol. The molecule has 0 radical (unpaired) electrons. The molecule has 2 aromatic rings. The first-order valence-electron chi connectivity index (χ1n) is 3.62. The Labute approximate surface area is 72.7 Å². The van der Waals surface area contributed by atoms with Gasteiger partial charge in [0.05, 0.1) is 6.20 Å². The molecule has 2 N–H and O–H groups in total. The standard InChI is InChI=1S/C8H6FN3O/c9-12-7-2-1-5(8(10)13)3-6(7)4-11-12/h1-4H,(H2,10,13). The molecule has 1 aromatic carbocycles. The number of hydrogen-bond acceptors (Lipinski definition) is 2. The summed E-state index contributed by atoms with van der Waals surface area (Å²) in [4.78, 5) is 11.0. The lowest BCUT2D eigenvalue weighted by atomic mass is 10.1. The van der Waals surface area contributed by atoms with E-state index in [4.69, 9.17) is 5.73 Å². The number of amides is 1. The SMILES string of the molecule is NC(=O)c1ccc2c(cnn2F)c1. The lowest BCUT2D eigenvalue weighted by Crippen LogP contribution is -2.10. The molecule has 5 heteroatoms. The number of rotatable bonds is 1. The van der Waals surface area contributed by atoms with Gasteiger partial charge in [0.1, 0.15) is 5.52 Å². The average Bonchev–Trinajstić information content (AvgIpc) is 2.47. The Morgan fingerprint density at radius 3 is 3.00 bits per heavy atom. The number of nitrogens with two attached hydrogens (primary N) is 1. The van der Waals surface area contributed by atoms with Gasteiger partial charge in [-0.25, -0.2) is 0 Å². The van der Waals surface area contributed by atoms with Gasteiger partial charge < -0.3 is 5.73 Å². The molecular formula is C8H6FN3O. The van der Waals surface area contributed by atoms with Gasteiger partial charge in [-0.15, -0.1) is 5.10 Å². The van der Waals surface area contributed by atoms with Crippen LogP contribution in [-0.4, -0.2) is 15.9 Å². The molecule has 0 aliphatic rings. The van der Waals surface area contributed by atoms with E-state index in [0.717, 1.165) is 0 Å². The monoisotopic (exact) mass is 179 g/mol. The van der Waals surface area contributed by atoms with Crippen LogP contribution in [0, 0.1) is 0 Å². The zero-order valence-electron chi connectivity index (χ0n) is 6.57. The molecule has 0 aliphatic heterocycles. The van der Waals surface area contributed by atoms with Gasteiger partial charge in [0.15, 0.2) is 0 Å². The predicted octanol–water partition coefficient (Wildman–Crippen LogP) is 0.868. The molecule has 4 nitrogen and oxygen atoms in total. The van der Waals surface area contributed by atoms with Gasteiger partial charge in [-0.2, -0.15) is 0 Å². The molecule has 1 aromatic heterocycles. The van der Waals surface area contributed by atoms with E-state index < -0.39 is 5.91 Å². The van der Waals surface area contributed by atoms with Crippen molar-refractivity contribution in [2.45, 2.75) is 0 Å². The molecule has 0 fully saturated rings. The minimum Gasteiger partial charge on any atom is -0.366 e. The van der Waals surface area contributed by atoms with Crippen LogP contribution in [0.15, 0.2) is 24.4 Å². The number of carbonyl (C=O) groups excluding carboxylic acids is 1. The fraction of sp³-hybridized carbons (Fsp3) is 0. The third-order valence-corrected chi connectivity index (χ3v) is 1.81. The molecule has 66 valence electrons. The fourth-order valence-electron chi connectivity index (χ4n) is 1.15. The summed E-state index contributed by atoms with van der Waals surface area (Å²) in [6, 6.07) is 4.42. The minimum absolute atomic E-state index is 0.250. The topological polar surface area (TPSA) is 60.9 Å². The van der Waals surface area contributed by atoms with E-state index in [9.17, 15) is 9.28 Å². The Kier molecular flexibility index (Phi) is 1.51. The van der Waals surface area contributed by atoms with Gasteiger partial charge >= 0.3 is 0 Å². The van der Waals surface area contributed by atoms with Crippen molar-refractivity contribution in [2.75, 3.05) is 0 Å². The van der Waals surface area contributed by atoms with Crippen LogP contribution in [0.1, 0.15) is 10.4 Å². The van der Waals surface area contributed by atoms with Crippen molar-refractivity contribution in [1.82, 2.24) is 10.0 Å². The van der Waals surface area contributed by atoms with Crippen molar-refractivity contribution >= 4 is 16.8 Å². The maximum absolute atomic E-state index is 12.8. The Morgan fingerprint density at radius 2 is 2.31 bits per heavy atom. The molecule has 0 unspecified atom stereocenters. The molecule has 0 saturated carbocycles. The zero-order valence-corrected chi connectivity index (χ0v) is 6.57. The number of primary amides is 1. The van der Waals surface area contributed by atoms with Gasteiger partial charge in [0.25, 0.3) is 0 Å². The second kappa shape index (κ2) is 2.55. The normalized spacial score (nSPS) is 10.5. The maximum atomic E-state index is 12.8. The van der Waals surface area contributed by atoms with E-state index in [1.54, 1.807) is 0 Å². The molecule has 1 heterocycles. The van der Waals surface area contributed by atoms with Crippen LogP contribution in [0.3, 0.4) is 0 Å². The van der Waals surface area contributed by atoms with E-state index in [-0.39, 0.29) is 4.90 Å². The number of nitrogens with zero attached hydrogens (tertiary/aromatic N) is 2. The third kappa shape index (κ3) is 1.14. The van der Waals surface area contributed by atoms with Crippen molar-refractivity contribution < 1.29 is 9.28 Å². The summed E-state index contributed by atoms with van der Waals surface area (Å²) in [5.74, 6) is -0.534. The lowest BCUT2D eigenvalue weighted by Gasteiger charge is -1.94. The lowest BCUT2D eigenvalue weighted by molar-refractivity contribution is 0.100. The van der Waals surface area contributed by atoms with Crippen molar-refractivity contribution in [2.24, 2.45) is 5.73 Å². The van der Waals surface area contributed by atoms with Crippen molar-refractivity contribution in [3.63, 3.8) is 0 Å². The zero-order chi connectivity index (χ0) is 9.42. The predicted molar refractivity (Wildman–Crippen MR) is 44.8 cm³/mol. The molecule has 2 rings (SSSR count). The molecule has 0 aliphatic carbocycles. The van der Waals surface area contributed by atoms with E-state index in [2.05, 4.69) is 5.10 Å². The molecule has 1 amide bonds. The molecule has 0 bridgehead atoms. The summed E-state index contributed by atoms with van der Waals surface area (Å²) in [6.45, 7) is 0. The van der Waals surface area contributed by atoms with E-state index in [1.807, 2.05) is 0 Å². The van der Waals surface area contributed by atoms with Crippen LogP contribution in [0.4, 0.5) is 4.48 Å². The van der Waals surface area contributed by atoms with Crippen LogP contribution >= 0.6 is 0 Å². The number of hydrogen-bond donors (Lipinski definition) is 1. The van der Waals surface area contributed by atoms with Crippen LogP contribution in [-0.2, 0) is 0 Å². The highest BCUT2D eigenvalue weighted by molar-refractivity contribution is 5.96. The van der Waals surface area contributed by atoms with Gasteiger partial charge in [-0.3, -0.25) is 4.79 Å². The largest absolute Gasteiger partial charge is 0.366 e. The number of carbonyl (C=O) groups is 1. The number of fused-ring (bicyclic) bond motifs is 1. The number of benzene rings is 1. The highest BCUT2D eigenvalue weighted by Gasteiger charge is 2.05. The smallest absolute Gasteiger partial charge is 0.248 e. The molecule has 0 saturated heterocycles. The van der Waals surface area contributed by atoms with E-state index >= 15 is 0 Å². The number of aromatic nitrogens is 2. The Balaban J connectivity index is 2.70. The van der Waals surface area contributed by atoms with E-state index in [1.165, 1.54) is 24.4 Å². The summed E-state index contributed by atoms with van der Waals surface area (Å²) in [5, 5.41) is 3.95. The van der Waals surface area contributed by atoms with Gasteiger partial charge in [0, 0.05) is 10.9 Å². The first-order chi connectivity index (χ1) is 6.18. The van der Waals surface area contributed by atoms with Gasteiger partial charge in [-0.05, 0) is 18.2 Å². The Bertz CT molecular complexity index is 477. The second-order valence-corrected chi connectivity index (χ2v) is 2.64. The fourth-order valence-corrected chi connectivity index (χ4v) is 1.15. The minimum atomic E-state index is -0.534.